The maximum atomic E-state index is 9.60. The molecule has 0 heterocycles. The highest BCUT2D eigenvalue weighted by atomic mass is 16.4. The molecule has 1 aromatic rings. The molecule has 0 unspecified atom stereocenters. The Kier molecular flexibility index (Phi) is 5.79. The van der Waals surface area contributed by atoms with Gasteiger partial charge in [0.1, 0.15) is 0 Å². The summed E-state index contributed by atoms with van der Waals surface area (Å²) in [6, 6.07) is 8.19. The number of benzene rings is 1. The van der Waals surface area contributed by atoms with Crippen LogP contribution >= 0.6 is 0 Å². The Hall–Kier alpha value is -1.83. The molecule has 0 saturated carbocycles. The van der Waals surface area contributed by atoms with Crippen molar-refractivity contribution in [1.82, 2.24) is 0 Å². The Labute approximate surface area is 90.6 Å². The standard InChI is InChI=1S/C9H10.C4H6O2/c1-3-9-7-5-4-6-8(9)2;1-3(2)4(5)6/h3-7H,1H2,2H3;1H2,2H3,(H,5,6). The lowest BCUT2D eigenvalue weighted by Crippen LogP contribution is -1.92. The van der Waals surface area contributed by atoms with Crippen molar-refractivity contribution in [2.45, 2.75) is 13.8 Å². The van der Waals surface area contributed by atoms with Crippen molar-refractivity contribution in [3.05, 3.63) is 54.1 Å². The van der Waals surface area contributed by atoms with Gasteiger partial charge in [0.25, 0.3) is 0 Å². The molecule has 1 N–H and O–H groups in total. The zero-order valence-electron chi connectivity index (χ0n) is 9.16. The minimum Gasteiger partial charge on any atom is -0.478 e. The summed E-state index contributed by atoms with van der Waals surface area (Å²) in [6.45, 7) is 10.4. The number of rotatable bonds is 2. The van der Waals surface area contributed by atoms with Crippen LogP contribution in [0.15, 0.2) is 43.0 Å². The maximum absolute atomic E-state index is 9.60. The van der Waals surface area contributed by atoms with Gasteiger partial charge in [0.05, 0.1) is 0 Å². The normalized spacial score (nSPS) is 8.40. The lowest BCUT2D eigenvalue weighted by molar-refractivity contribution is -0.132. The van der Waals surface area contributed by atoms with Crippen molar-refractivity contribution in [2.24, 2.45) is 0 Å². The SMILES string of the molecule is C=C(C)C(=O)O.C=Cc1ccccc1C. The molecule has 2 heteroatoms. The zero-order valence-corrected chi connectivity index (χ0v) is 9.16. The Morgan fingerprint density at radius 1 is 1.40 bits per heavy atom. The topological polar surface area (TPSA) is 37.3 Å². The Bertz CT molecular complexity index is 353. The molecule has 0 saturated heterocycles. The maximum Gasteiger partial charge on any atom is 0.330 e. The second-order valence-corrected chi connectivity index (χ2v) is 3.15. The van der Waals surface area contributed by atoms with E-state index in [1.807, 2.05) is 18.2 Å². The smallest absolute Gasteiger partial charge is 0.330 e. The van der Waals surface area contributed by atoms with Crippen LogP contribution in [0, 0.1) is 6.92 Å². The highest BCUT2D eigenvalue weighted by molar-refractivity contribution is 5.84. The highest BCUT2D eigenvalue weighted by Gasteiger charge is 1.90. The molecule has 80 valence electrons. The largest absolute Gasteiger partial charge is 0.478 e. The van der Waals surface area contributed by atoms with Gasteiger partial charge in [-0.15, -0.1) is 0 Å². The van der Waals surface area contributed by atoms with E-state index in [1.165, 1.54) is 18.1 Å². The van der Waals surface area contributed by atoms with E-state index in [2.05, 4.69) is 32.2 Å². The van der Waals surface area contributed by atoms with Crippen molar-refractivity contribution >= 4 is 12.0 Å². The van der Waals surface area contributed by atoms with E-state index < -0.39 is 5.97 Å². The van der Waals surface area contributed by atoms with Crippen LogP contribution in [-0.2, 0) is 4.79 Å². The third kappa shape index (κ3) is 5.47. The van der Waals surface area contributed by atoms with Gasteiger partial charge in [-0.2, -0.15) is 0 Å². The van der Waals surface area contributed by atoms with E-state index in [9.17, 15) is 4.79 Å². The third-order valence-corrected chi connectivity index (χ3v) is 1.77. The molecule has 0 spiro atoms. The molecule has 0 aliphatic carbocycles. The van der Waals surface area contributed by atoms with Gasteiger partial charge in [0, 0.05) is 5.57 Å². The summed E-state index contributed by atoms with van der Waals surface area (Å²) in [5.74, 6) is -0.935. The quantitative estimate of drug-likeness (QED) is 0.750. The summed E-state index contributed by atoms with van der Waals surface area (Å²) < 4.78 is 0. The molecule has 1 rings (SSSR count). The molecular weight excluding hydrogens is 188 g/mol. The molecule has 0 radical (unpaired) electrons. The monoisotopic (exact) mass is 204 g/mol. The first-order chi connectivity index (χ1) is 6.99. The van der Waals surface area contributed by atoms with Gasteiger partial charge in [-0.1, -0.05) is 43.5 Å². The van der Waals surface area contributed by atoms with E-state index >= 15 is 0 Å². The minimum absolute atomic E-state index is 0.176. The predicted octanol–water partition coefficient (Wildman–Crippen LogP) is 3.29. The van der Waals surface area contributed by atoms with Crippen molar-refractivity contribution in [1.29, 1.82) is 0 Å². The van der Waals surface area contributed by atoms with Gasteiger partial charge in [0.2, 0.25) is 0 Å². The van der Waals surface area contributed by atoms with Crippen LogP contribution < -0.4 is 0 Å². The summed E-state index contributed by atoms with van der Waals surface area (Å²) >= 11 is 0. The Morgan fingerprint density at radius 2 is 1.87 bits per heavy atom. The van der Waals surface area contributed by atoms with Crippen LogP contribution in [0.25, 0.3) is 6.08 Å². The number of aliphatic carboxylic acids is 1. The highest BCUT2D eigenvalue weighted by Crippen LogP contribution is 2.06. The van der Waals surface area contributed by atoms with Gasteiger partial charge in [-0.3, -0.25) is 0 Å². The van der Waals surface area contributed by atoms with Crippen molar-refractivity contribution in [2.75, 3.05) is 0 Å². The third-order valence-electron chi connectivity index (χ3n) is 1.77. The fourth-order valence-electron chi connectivity index (χ4n) is 0.816. The number of hydrogen-bond acceptors (Lipinski definition) is 1. The molecule has 0 aliphatic heterocycles. The molecule has 1 aromatic carbocycles. The number of carboxylic acid groups (broad SMARTS) is 1. The molecule has 0 aliphatic rings. The van der Waals surface area contributed by atoms with Crippen LogP contribution in [0.5, 0.6) is 0 Å². The summed E-state index contributed by atoms with van der Waals surface area (Å²) in [4.78, 5) is 9.60. The molecule has 0 bridgehead atoms. The zero-order chi connectivity index (χ0) is 11.8. The molecule has 2 nitrogen and oxygen atoms in total. The van der Waals surface area contributed by atoms with Crippen LogP contribution in [0.3, 0.4) is 0 Å². The van der Waals surface area contributed by atoms with Crippen molar-refractivity contribution in [3.63, 3.8) is 0 Å². The minimum atomic E-state index is -0.935. The van der Waals surface area contributed by atoms with E-state index in [-0.39, 0.29) is 5.57 Å². The van der Waals surface area contributed by atoms with Gasteiger partial charge in [0.15, 0.2) is 0 Å². The molecular formula is C13H16O2. The first-order valence-electron chi connectivity index (χ1n) is 4.56. The fourth-order valence-corrected chi connectivity index (χ4v) is 0.816. The van der Waals surface area contributed by atoms with E-state index in [0.29, 0.717) is 0 Å². The summed E-state index contributed by atoms with van der Waals surface area (Å²) in [5.41, 5.74) is 2.68. The fraction of sp³-hybridized carbons (Fsp3) is 0.154. The lowest BCUT2D eigenvalue weighted by atomic mass is 10.1. The lowest BCUT2D eigenvalue weighted by Gasteiger charge is -1.95. The average Bonchev–Trinajstić information content (AvgIpc) is 2.19. The van der Waals surface area contributed by atoms with E-state index in [1.54, 1.807) is 0 Å². The van der Waals surface area contributed by atoms with Crippen LogP contribution in [-0.4, -0.2) is 11.1 Å². The van der Waals surface area contributed by atoms with Crippen LogP contribution in [0.2, 0.25) is 0 Å². The Morgan fingerprint density at radius 3 is 2.13 bits per heavy atom. The predicted molar refractivity (Wildman–Crippen MR) is 63.7 cm³/mol. The molecule has 0 aromatic heterocycles. The molecule has 0 fully saturated rings. The average molecular weight is 204 g/mol. The van der Waals surface area contributed by atoms with Gasteiger partial charge in [-0.25, -0.2) is 4.79 Å². The number of aryl methyl sites for hydroxylation is 1. The van der Waals surface area contributed by atoms with Crippen molar-refractivity contribution < 1.29 is 9.90 Å². The first kappa shape index (κ1) is 13.2. The van der Waals surface area contributed by atoms with Gasteiger partial charge < -0.3 is 5.11 Å². The first-order valence-corrected chi connectivity index (χ1v) is 4.56. The van der Waals surface area contributed by atoms with Crippen molar-refractivity contribution in [3.8, 4) is 0 Å². The van der Waals surface area contributed by atoms with E-state index in [4.69, 9.17) is 5.11 Å². The molecule has 15 heavy (non-hydrogen) atoms. The van der Waals surface area contributed by atoms with Crippen LogP contribution in [0.4, 0.5) is 0 Å². The number of hydrogen-bond donors (Lipinski definition) is 1. The molecule has 0 atom stereocenters. The number of carboxylic acids is 1. The Balaban J connectivity index is 0.000000288. The van der Waals surface area contributed by atoms with Gasteiger partial charge >= 0.3 is 5.97 Å². The summed E-state index contributed by atoms with van der Waals surface area (Å²) in [7, 11) is 0. The second kappa shape index (κ2) is 6.60. The van der Waals surface area contributed by atoms with Gasteiger partial charge in [-0.05, 0) is 25.0 Å². The summed E-state index contributed by atoms with van der Waals surface area (Å²) in [6.07, 6.45) is 1.87. The van der Waals surface area contributed by atoms with E-state index in [0.717, 1.165) is 0 Å². The second-order valence-electron chi connectivity index (χ2n) is 3.15. The van der Waals surface area contributed by atoms with Crippen LogP contribution in [0.1, 0.15) is 18.1 Å². The summed E-state index contributed by atoms with van der Waals surface area (Å²) in [5, 5.41) is 7.89. The molecule has 0 amide bonds. The number of carbonyl (C=O) groups is 1.